The number of amides is 4. The fraction of sp³-hybridized carbons (Fsp3) is 0.634. The molecule has 4 rings (SSSR count). The second-order valence-electron chi connectivity index (χ2n) is 15.8. The van der Waals surface area contributed by atoms with Crippen molar-refractivity contribution in [2.45, 2.75) is 128 Å². The highest BCUT2D eigenvalue weighted by atomic mass is 35.5. The highest BCUT2D eigenvalue weighted by Gasteiger charge is 2.64. The number of anilines is 1. The Labute approximate surface area is 349 Å². The van der Waals surface area contributed by atoms with E-state index in [1.807, 2.05) is 65.0 Å². The van der Waals surface area contributed by atoms with Gasteiger partial charge in [-0.1, -0.05) is 83.8 Å². The summed E-state index contributed by atoms with van der Waals surface area (Å²) in [6.45, 7) is 12.9. The maximum atomic E-state index is 14.2. The van der Waals surface area contributed by atoms with E-state index in [1.54, 1.807) is 45.8 Å². The van der Waals surface area contributed by atoms with E-state index in [4.69, 9.17) is 25.8 Å². The van der Waals surface area contributed by atoms with Crippen LogP contribution >= 0.6 is 33.2 Å². The maximum Gasteiger partial charge on any atom is 0.409 e. The Balaban J connectivity index is 1.57. The minimum atomic E-state index is -1.61. The normalized spacial score (nSPS) is 30.4. The molecule has 3 heterocycles. The number of rotatable bonds is 11. The van der Waals surface area contributed by atoms with E-state index in [1.165, 1.54) is 20.6 Å². The number of allylic oxidation sites excluding steroid dienone is 3. The second kappa shape index (κ2) is 19.7. The van der Waals surface area contributed by atoms with Crippen LogP contribution in [0.1, 0.15) is 84.8 Å². The molecule has 316 valence electrons. The number of fused-ring (bicyclic) bond motifs is 5. The number of hydrogen-bond acceptors (Lipinski definition) is 11. The molecule has 0 saturated carbocycles. The Bertz CT molecular complexity index is 1750. The Morgan fingerprint density at radius 2 is 1.89 bits per heavy atom. The molecule has 16 heteroatoms. The first-order chi connectivity index (χ1) is 26.7. The number of ether oxygens (including phenoxy) is 3. The van der Waals surface area contributed by atoms with E-state index in [-0.39, 0.29) is 42.2 Å². The molecule has 3 aliphatic rings. The van der Waals surface area contributed by atoms with Gasteiger partial charge >= 0.3 is 12.1 Å². The molecular formula is C41H59ClN4O9S2. The molecular weight excluding hydrogens is 792 g/mol. The first-order valence-corrected chi connectivity index (χ1v) is 22.2. The molecule has 0 radical (unpaired) electrons. The van der Waals surface area contributed by atoms with Gasteiger partial charge in [0.25, 0.3) is 0 Å². The van der Waals surface area contributed by atoms with Crippen molar-refractivity contribution in [2.24, 2.45) is 11.8 Å². The van der Waals surface area contributed by atoms with Crippen LogP contribution in [-0.2, 0) is 39.8 Å². The lowest BCUT2D eigenvalue weighted by atomic mass is 9.82. The van der Waals surface area contributed by atoms with Gasteiger partial charge in [0, 0.05) is 63.2 Å². The fourth-order valence-electron chi connectivity index (χ4n) is 7.14. The lowest BCUT2D eigenvalue weighted by Crippen LogP contribution is -2.60. The van der Waals surface area contributed by atoms with Crippen molar-refractivity contribution < 1.29 is 43.3 Å². The largest absolute Gasteiger partial charge is 0.457 e. The third-order valence-corrected chi connectivity index (χ3v) is 14.8. The molecule has 57 heavy (non-hydrogen) atoms. The second-order valence-corrected chi connectivity index (χ2v) is 19.1. The first-order valence-electron chi connectivity index (χ1n) is 19.4. The summed E-state index contributed by atoms with van der Waals surface area (Å²) in [4.78, 5) is 68.4. The summed E-state index contributed by atoms with van der Waals surface area (Å²) in [5.74, 6) is -1.79. The molecule has 2 unspecified atom stereocenters. The van der Waals surface area contributed by atoms with E-state index < -0.39 is 59.6 Å². The number of carbonyl (C=O) groups is 5. The molecule has 13 nitrogen and oxygen atoms in total. The number of benzene rings is 1. The lowest BCUT2D eigenvalue weighted by Gasteiger charge is -2.41. The number of alkyl carbamates (subject to hydrolysis) is 1. The van der Waals surface area contributed by atoms with Gasteiger partial charge < -0.3 is 34.4 Å². The highest BCUT2D eigenvalue weighted by Crippen LogP contribution is 2.49. The smallest absolute Gasteiger partial charge is 0.409 e. The van der Waals surface area contributed by atoms with Crippen molar-refractivity contribution in [2.75, 3.05) is 31.8 Å². The number of likely N-dealkylation sites (N-methyl/N-ethyl adjacent to an activating group) is 1. The van der Waals surface area contributed by atoms with Crippen molar-refractivity contribution in [3.05, 3.63) is 52.1 Å². The molecule has 9 atom stereocenters. The van der Waals surface area contributed by atoms with Gasteiger partial charge in [0.15, 0.2) is 0 Å². The van der Waals surface area contributed by atoms with E-state index in [0.717, 1.165) is 16.7 Å². The van der Waals surface area contributed by atoms with Gasteiger partial charge in [-0.05, 0) is 57.7 Å². The number of nitrogens with zero attached hydrogens (tertiary/aromatic N) is 2. The third-order valence-electron chi connectivity index (χ3n) is 11.4. The minimum Gasteiger partial charge on any atom is -0.457 e. The topological polar surface area (TPSA) is 167 Å². The van der Waals surface area contributed by atoms with Gasteiger partial charge in [-0.15, -0.1) is 0 Å². The van der Waals surface area contributed by atoms with E-state index in [2.05, 4.69) is 10.6 Å². The van der Waals surface area contributed by atoms with Gasteiger partial charge in [0.2, 0.25) is 17.7 Å². The van der Waals surface area contributed by atoms with Crippen molar-refractivity contribution >= 4 is 68.7 Å². The van der Waals surface area contributed by atoms with Crippen LogP contribution in [0.5, 0.6) is 0 Å². The van der Waals surface area contributed by atoms with E-state index >= 15 is 0 Å². The summed E-state index contributed by atoms with van der Waals surface area (Å²) in [6.07, 6.45) is 4.08. The maximum absolute atomic E-state index is 14.2. The van der Waals surface area contributed by atoms with Crippen molar-refractivity contribution in [3.8, 4) is 0 Å². The van der Waals surface area contributed by atoms with Gasteiger partial charge in [-0.25, -0.2) is 9.59 Å². The number of hydrogen-bond donors (Lipinski definition) is 3. The number of halogens is 1. The van der Waals surface area contributed by atoms with Gasteiger partial charge in [-0.3, -0.25) is 19.7 Å². The molecule has 1 aromatic carbocycles. The first kappa shape index (κ1) is 46.4. The van der Waals surface area contributed by atoms with Crippen LogP contribution in [-0.4, -0.2) is 108 Å². The molecule has 4 bridgehead atoms. The quantitative estimate of drug-likeness (QED) is 0.102. The van der Waals surface area contributed by atoms with Crippen LogP contribution in [0, 0.1) is 18.8 Å². The number of epoxide rings is 1. The Kier molecular flexibility index (Phi) is 16.0. The molecule has 4 amide bonds. The number of carbonyl (C=O) groups excluding carboxylic acids is 5. The Morgan fingerprint density at radius 1 is 1.19 bits per heavy atom. The molecule has 2 fully saturated rings. The molecule has 0 aromatic heterocycles. The standard InChI is InChI=1S/C41H59ClN4O9S2/c1-23-12-11-13-25(3)41(52)22-31(53-39(51)44-41)27(5)37-40(7,55-37)32(21-35(49)46(10)30-20-29(18-23)19-24(2)36(30)42)54-38(50)28(6)45(9)34(48)16-17-56-57-26(4)14-15-33(47)43-8/h11-13,19-20,25-28,31-32,37,52H,14-18,21-22H2,1-10H3,(H,43,47)(H,44,51)/b13-11+,23-12+/t25-,26?,27-,28+,31?,32+,37+,40+,41+/m1/s1. The zero-order valence-corrected chi connectivity index (χ0v) is 37.1. The number of nitrogens with one attached hydrogen (secondary N) is 2. The van der Waals surface area contributed by atoms with Crippen LogP contribution in [0.3, 0.4) is 0 Å². The average molecular weight is 852 g/mol. The summed E-state index contributed by atoms with van der Waals surface area (Å²) in [7, 11) is 7.93. The molecule has 3 N–H and O–H groups in total. The fourth-order valence-corrected chi connectivity index (χ4v) is 9.70. The molecule has 2 saturated heterocycles. The van der Waals surface area contributed by atoms with Crippen LogP contribution < -0.4 is 15.5 Å². The highest BCUT2D eigenvalue weighted by molar-refractivity contribution is 8.76. The van der Waals surface area contributed by atoms with E-state index in [9.17, 15) is 29.1 Å². The summed E-state index contributed by atoms with van der Waals surface area (Å²) >= 11 is 6.79. The van der Waals surface area contributed by atoms with Gasteiger partial charge in [0.05, 0.1) is 23.2 Å². The van der Waals surface area contributed by atoms with Crippen molar-refractivity contribution in [3.63, 3.8) is 0 Å². The third kappa shape index (κ3) is 11.7. The number of esters is 1. The predicted octanol–water partition coefficient (Wildman–Crippen LogP) is 6.12. The average Bonchev–Trinajstić information content (AvgIpc) is 3.86. The molecule has 3 aliphatic heterocycles. The summed E-state index contributed by atoms with van der Waals surface area (Å²) in [5.41, 5.74) is 0.462. The van der Waals surface area contributed by atoms with Crippen LogP contribution in [0.4, 0.5) is 10.5 Å². The summed E-state index contributed by atoms with van der Waals surface area (Å²) in [6, 6.07) is 2.86. The van der Waals surface area contributed by atoms with Gasteiger partial charge in [-0.2, -0.15) is 0 Å². The SMILES string of the molecule is CNC(=O)CCC(C)SSCCC(=O)N(C)[C@@H](C)C(=O)O[C@H]1CC(=O)N(C)c2cc(cc(C)c2Cl)C/C(C)=C/C=C/[C@@H](C)[C@@]2(O)CC(OC(=O)N2)[C@@H](C)[C@@H]2O[C@@]12C. The predicted molar refractivity (Wildman–Crippen MR) is 225 cm³/mol. The molecule has 1 aromatic rings. The van der Waals surface area contributed by atoms with Crippen molar-refractivity contribution in [1.82, 2.24) is 15.5 Å². The number of aliphatic hydroxyl groups is 1. The minimum absolute atomic E-state index is 0.0114. The molecule has 0 aliphatic carbocycles. The zero-order chi connectivity index (χ0) is 42.4. The Morgan fingerprint density at radius 3 is 2.58 bits per heavy atom. The van der Waals surface area contributed by atoms with Crippen LogP contribution in [0.2, 0.25) is 5.02 Å². The monoisotopic (exact) mass is 850 g/mol. The zero-order valence-electron chi connectivity index (χ0n) is 34.7. The molecule has 0 spiro atoms. The van der Waals surface area contributed by atoms with E-state index in [0.29, 0.717) is 35.7 Å². The van der Waals surface area contributed by atoms with Crippen LogP contribution in [0.15, 0.2) is 35.9 Å². The Hall–Kier alpha value is -3.24. The van der Waals surface area contributed by atoms with Gasteiger partial charge in [0.1, 0.15) is 29.6 Å². The lowest BCUT2D eigenvalue weighted by molar-refractivity contribution is -0.161. The van der Waals surface area contributed by atoms with Crippen molar-refractivity contribution in [1.29, 1.82) is 0 Å². The summed E-state index contributed by atoms with van der Waals surface area (Å²) < 4.78 is 18.1. The number of aryl methyl sites for hydroxylation is 1. The van der Waals surface area contributed by atoms with Crippen LogP contribution in [0.25, 0.3) is 0 Å². The summed E-state index contributed by atoms with van der Waals surface area (Å²) in [5, 5.41) is 17.6.